The number of nitrogens with zero attached hydrogens (tertiary/aromatic N) is 7. The maximum atomic E-state index is 17.1. The number of hydrogen-bond acceptors (Lipinski definition) is 12. The van der Waals surface area contributed by atoms with Gasteiger partial charge in [0.25, 0.3) is 0 Å². The number of halogens is 2. The van der Waals surface area contributed by atoms with Gasteiger partial charge < -0.3 is 29.9 Å². The van der Waals surface area contributed by atoms with E-state index in [4.69, 9.17) is 26.1 Å². The number of terminal acetylenes is 1. The fourth-order valence-electron chi connectivity index (χ4n) is 12.5. The Morgan fingerprint density at radius 1 is 0.944 bits per heavy atom. The normalized spacial score (nSPS) is 24.5. The molecule has 366 valence electrons. The van der Waals surface area contributed by atoms with Crippen molar-refractivity contribution in [2.24, 2.45) is 22.2 Å². The SMILES string of the molecule is C#Cc1c(F)ccc2cc(O)cc(-c3ncc4c(N5CC6CCC(C5)N6)nc(OCC5(CN6CCC(C(=O)N7CCC(c8ccc9c(c8)C(C)N=C9C8CCC(=O)NC8=O)CC7)CC6)CC5)nc4c3F)c12. The lowest BCUT2D eigenvalue weighted by atomic mass is 9.84. The summed E-state index contributed by atoms with van der Waals surface area (Å²) in [7, 11) is 0. The predicted octanol–water partition coefficient (Wildman–Crippen LogP) is 6.94. The van der Waals surface area contributed by atoms with E-state index in [1.807, 2.05) is 0 Å². The number of pyridine rings is 1. The van der Waals surface area contributed by atoms with Gasteiger partial charge in [0.05, 0.1) is 35.2 Å². The number of fused-ring (bicyclic) bond motifs is 5. The summed E-state index contributed by atoms with van der Waals surface area (Å²) in [5.41, 5.74) is 4.07. The van der Waals surface area contributed by atoms with Crippen LogP contribution >= 0.6 is 0 Å². The number of likely N-dealkylation sites (tertiary alicyclic amines) is 2. The van der Waals surface area contributed by atoms with Crippen molar-refractivity contribution in [3.8, 4) is 35.4 Å². The lowest BCUT2D eigenvalue weighted by molar-refractivity contribution is -0.138. The molecule has 5 aromatic rings. The quantitative estimate of drug-likeness (QED) is 0.0981. The van der Waals surface area contributed by atoms with Crippen LogP contribution in [0.5, 0.6) is 11.8 Å². The first-order chi connectivity index (χ1) is 34.4. The van der Waals surface area contributed by atoms with Crippen molar-refractivity contribution in [2.75, 3.05) is 57.3 Å². The maximum Gasteiger partial charge on any atom is 0.319 e. The van der Waals surface area contributed by atoms with E-state index in [1.54, 1.807) is 6.20 Å². The molecule has 16 heteroatoms. The number of carbonyl (C=O) groups is 3. The number of anilines is 1. The minimum absolute atomic E-state index is 0.00755. The van der Waals surface area contributed by atoms with Gasteiger partial charge in [0, 0.05) is 85.3 Å². The Bertz CT molecular complexity index is 3090. The molecule has 71 heavy (non-hydrogen) atoms. The monoisotopic (exact) mass is 961 g/mol. The molecule has 8 heterocycles. The molecule has 5 saturated heterocycles. The number of aromatic nitrogens is 3. The number of piperazine rings is 1. The molecule has 3 aromatic carbocycles. The van der Waals surface area contributed by atoms with Gasteiger partial charge in [-0.1, -0.05) is 30.2 Å². The topological polar surface area (TPSA) is 165 Å². The first-order valence-corrected chi connectivity index (χ1v) is 25.4. The van der Waals surface area contributed by atoms with Crippen LogP contribution in [0.1, 0.15) is 105 Å². The van der Waals surface area contributed by atoms with E-state index in [2.05, 4.69) is 61.4 Å². The highest BCUT2D eigenvalue weighted by Gasteiger charge is 2.46. The molecule has 0 radical (unpaired) electrons. The standard InChI is InChI=1S/C55H57F2N9O5/c1-3-38-44(56)10-5-34-22-37(67)24-42(46(34)38)49-47(57)50-43(25-58-49)51(66-26-35-6-7-36(27-66)60-35)63-54(62-50)71-29-55(16-17-55)28-64-18-12-32(13-19-64)53(70)65-20-14-31(15-21-65)33-4-8-39-41(23-33)30(2)59-48(39)40-9-11-45(68)61-52(40)69/h1,4-5,8,10,22-25,30-32,35-36,40,60,67H,6-7,9,11-21,26-29H2,2H3,(H,61,68,69). The number of imide groups is 1. The lowest BCUT2D eigenvalue weighted by Crippen LogP contribution is -2.51. The van der Waals surface area contributed by atoms with Crippen molar-refractivity contribution in [2.45, 2.75) is 95.2 Å². The smallest absolute Gasteiger partial charge is 0.319 e. The zero-order chi connectivity index (χ0) is 48.7. The van der Waals surface area contributed by atoms with E-state index in [0.717, 1.165) is 101 Å². The fourth-order valence-corrected chi connectivity index (χ4v) is 12.5. The average Bonchev–Trinajstić information content (AvgIpc) is 3.95. The second-order valence-electron chi connectivity index (χ2n) is 21.2. The Kier molecular flexibility index (Phi) is 11.5. The zero-order valence-electron chi connectivity index (χ0n) is 39.9. The number of aromatic hydroxyl groups is 1. The van der Waals surface area contributed by atoms with Crippen LogP contribution in [-0.2, 0) is 14.4 Å². The molecule has 6 aliphatic heterocycles. The molecule has 1 aliphatic carbocycles. The first kappa shape index (κ1) is 45.6. The summed E-state index contributed by atoms with van der Waals surface area (Å²) in [5.74, 6) is 1.13. The minimum atomic E-state index is -0.746. The van der Waals surface area contributed by atoms with Crippen molar-refractivity contribution >= 4 is 50.9 Å². The molecular formula is C55H57F2N9O5. The molecule has 0 spiro atoms. The Morgan fingerprint density at radius 3 is 2.45 bits per heavy atom. The lowest BCUT2D eigenvalue weighted by Gasteiger charge is -2.38. The van der Waals surface area contributed by atoms with Crippen LogP contribution in [0.3, 0.4) is 0 Å². The van der Waals surface area contributed by atoms with Crippen LogP contribution in [0.15, 0.2) is 53.7 Å². The van der Waals surface area contributed by atoms with Crippen LogP contribution < -0.4 is 20.3 Å². The molecule has 3 amide bonds. The van der Waals surface area contributed by atoms with Crippen molar-refractivity contribution in [1.82, 2.24) is 35.4 Å². The van der Waals surface area contributed by atoms with Gasteiger partial charge in [0.1, 0.15) is 28.6 Å². The van der Waals surface area contributed by atoms with E-state index in [-0.39, 0.29) is 86.7 Å². The minimum Gasteiger partial charge on any atom is -0.508 e. The van der Waals surface area contributed by atoms with Crippen LogP contribution in [-0.4, -0.2) is 118 Å². The highest BCUT2D eigenvalue weighted by molar-refractivity contribution is 6.18. The largest absolute Gasteiger partial charge is 0.508 e. The van der Waals surface area contributed by atoms with E-state index in [9.17, 15) is 19.5 Å². The third kappa shape index (κ3) is 8.44. The number of aliphatic imine (C=N–C) groups is 1. The molecular weight excluding hydrogens is 905 g/mol. The van der Waals surface area contributed by atoms with Crippen LogP contribution in [0, 0.1) is 41.2 Å². The van der Waals surface area contributed by atoms with Crippen molar-refractivity contribution in [3.63, 3.8) is 0 Å². The number of ether oxygens (including phenoxy) is 1. The van der Waals surface area contributed by atoms with Crippen LogP contribution in [0.2, 0.25) is 0 Å². The number of hydrogen-bond donors (Lipinski definition) is 3. The maximum absolute atomic E-state index is 17.1. The molecule has 7 aliphatic rings. The molecule has 1 saturated carbocycles. The highest BCUT2D eigenvalue weighted by Crippen LogP contribution is 2.48. The summed E-state index contributed by atoms with van der Waals surface area (Å²) in [6, 6.07) is 12.6. The fraction of sp³-hybridized carbons (Fsp3) is 0.473. The van der Waals surface area contributed by atoms with Gasteiger partial charge in [-0.15, -0.1) is 6.42 Å². The first-order valence-electron chi connectivity index (χ1n) is 25.4. The van der Waals surface area contributed by atoms with Gasteiger partial charge in [-0.05, 0) is 118 Å². The summed E-state index contributed by atoms with van der Waals surface area (Å²) >= 11 is 0. The molecule has 3 N–H and O–H groups in total. The van der Waals surface area contributed by atoms with E-state index in [0.29, 0.717) is 55.0 Å². The molecule has 12 rings (SSSR count). The van der Waals surface area contributed by atoms with Gasteiger partial charge in [0.15, 0.2) is 5.82 Å². The van der Waals surface area contributed by atoms with Crippen molar-refractivity contribution < 1.29 is 33.0 Å². The second-order valence-corrected chi connectivity index (χ2v) is 21.2. The van der Waals surface area contributed by atoms with Crippen LogP contribution in [0.4, 0.5) is 14.6 Å². The molecule has 2 bridgehead atoms. The van der Waals surface area contributed by atoms with Gasteiger partial charge in [0.2, 0.25) is 17.7 Å². The Balaban J connectivity index is 0.696. The summed E-state index contributed by atoms with van der Waals surface area (Å²) in [5, 5.41) is 18.0. The third-order valence-corrected chi connectivity index (χ3v) is 16.6. The average molecular weight is 962 g/mol. The Morgan fingerprint density at radius 2 is 1.72 bits per heavy atom. The zero-order valence-corrected chi connectivity index (χ0v) is 39.9. The molecule has 4 atom stereocenters. The number of piperidine rings is 3. The molecule has 6 fully saturated rings. The Labute approximate surface area is 410 Å². The number of phenols is 1. The number of phenolic OH excluding ortho intramolecular Hbond substituents is 1. The van der Waals surface area contributed by atoms with Gasteiger partial charge >= 0.3 is 6.01 Å². The second kappa shape index (κ2) is 17.9. The van der Waals surface area contributed by atoms with Crippen LogP contribution in [0.25, 0.3) is 32.9 Å². The number of amides is 3. The summed E-state index contributed by atoms with van der Waals surface area (Å²) < 4.78 is 38.7. The van der Waals surface area contributed by atoms with E-state index in [1.165, 1.54) is 29.8 Å². The number of rotatable bonds is 10. The third-order valence-electron chi connectivity index (χ3n) is 16.6. The van der Waals surface area contributed by atoms with Gasteiger partial charge in [-0.2, -0.15) is 9.97 Å². The number of benzene rings is 3. The van der Waals surface area contributed by atoms with E-state index < -0.39 is 17.6 Å². The highest BCUT2D eigenvalue weighted by atomic mass is 19.1. The van der Waals surface area contributed by atoms with Crippen molar-refractivity contribution in [3.05, 3.63) is 82.5 Å². The molecule has 2 aromatic heterocycles. The number of carbonyl (C=O) groups excluding carboxylic acids is 3. The Hall–Kier alpha value is -6.57. The van der Waals surface area contributed by atoms with Gasteiger partial charge in [-0.3, -0.25) is 29.7 Å². The number of nitrogens with one attached hydrogen (secondary N) is 2. The molecule has 4 unspecified atom stereocenters. The summed E-state index contributed by atoms with van der Waals surface area (Å²) in [6.07, 6.45) is 15.6. The summed E-state index contributed by atoms with van der Waals surface area (Å²) in [4.78, 5) is 64.1. The molecule has 14 nitrogen and oxygen atoms in total. The predicted molar refractivity (Wildman–Crippen MR) is 264 cm³/mol. The summed E-state index contributed by atoms with van der Waals surface area (Å²) in [6.45, 7) is 7.72. The van der Waals surface area contributed by atoms with E-state index >= 15 is 8.78 Å². The van der Waals surface area contributed by atoms with Gasteiger partial charge in [-0.25, -0.2) is 8.78 Å². The van der Waals surface area contributed by atoms with Crippen molar-refractivity contribution in [1.29, 1.82) is 0 Å².